The molecule has 1 fully saturated rings. The summed E-state index contributed by atoms with van der Waals surface area (Å²) in [7, 11) is 0. The molecule has 2 aromatic rings. The summed E-state index contributed by atoms with van der Waals surface area (Å²) in [5.74, 6) is 0.161. The van der Waals surface area contributed by atoms with E-state index >= 15 is 0 Å². The van der Waals surface area contributed by atoms with Crippen LogP contribution in [0.3, 0.4) is 0 Å². The first-order valence-electron chi connectivity index (χ1n) is 8.03. The topological polar surface area (TPSA) is 39.3 Å². The van der Waals surface area contributed by atoms with E-state index in [1.165, 1.54) is 12.1 Å². The van der Waals surface area contributed by atoms with Crippen molar-refractivity contribution in [3.63, 3.8) is 0 Å². The van der Waals surface area contributed by atoms with E-state index in [0.717, 1.165) is 30.0 Å². The summed E-state index contributed by atoms with van der Waals surface area (Å²) in [4.78, 5) is 20.0. The lowest BCUT2D eigenvalue weighted by Gasteiger charge is -2.36. The van der Waals surface area contributed by atoms with Crippen LogP contribution in [-0.2, 0) is 0 Å². The van der Waals surface area contributed by atoms with Gasteiger partial charge in [0.25, 0.3) is 5.91 Å². The molecule has 1 aliphatic rings. The Bertz CT molecular complexity index is 670. The third-order valence-corrected chi connectivity index (χ3v) is 4.35. The molecule has 23 heavy (non-hydrogen) atoms. The van der Waals surface area contributed by atoms with Crippen molar-refractivity contribution in [2.75, 3.05) is 31.1 Å². The van der Waals surface area contributed by atoms with E-state index in [1.54, 1.807) is 12.1 Å². The Kier molecular flexibility index (Phi) is 4.37. The Morgan fingerprint density at radius 1 is 1.09 bits per heavy atom. The van der Waals surface area contributed by atoms with Gasteiger partial charge in [0.2, 0.25) is 0 Å². The summed E-state index contributed by atoms with van der Waals surface area (Å²) < 4.78 is 13.0. The molecule has 1 saturated heterocycles. The van der Waals surface area contributed by atoms with Gasteiger partial charge in [-0.3, -0.25) is 4.79 Å². The number of piperazine rings is 1. The van der Waals surface area contributed by atoms with Crippen LogP contribution in [0.4, 0.5) is 10.1 Å². The summed E-state index contributed by atoms with van der Waals surface area (Å²) in [5.41, 5.74) is 2.77. The number of hydrogen-bond donors (Lipinski definition) is 1. The lowest BCUT2D eigenvalue weighted by atomic mass is 10.1. The Hall–Kier alpha value is -2.30. The molecule has 0 bridgehead atoms. The van der Waals surface area contributed by atoms with Crippen LogP contribution in [0.1, 0.15) is 35.8 Å². The number of amides is 1. The number of hydrogen-bond acceptors (Lipinski definition) is 2. The molecule has 1 N–H and O–H groups in total. The summed E-state index contributed by atoms with van der Waals surface area (Å²) in [6, 6.07) is 8.39. The van der Waals surface area contributed by atoms with Crippen LogP contribution in [0.25, 0.3) is 0 Å². The molecular weight excluding hydrogens is 293 g/mol. The number of halogens is 1. The molecule has 3 rings (SSSR count). The van der Waals surface area contributed by atoms with Gasteiger partial charge < -0.3 is 14.8 Å². The predicted molar refractivity (Wildman–Crippen MR) is 89.4 cm³/mol. The fraction of sp³-hybridized carbons (Fsp3) is 0.389. The molecule has 0 unspecified atom stereocenters. The lowest BCUT2D eigenvalue weighted by molar-refractivity contribution is 0.0745. The maximum Gasteiger partial charge on any atom is 0.255 e. The van der Waals surface area contributed by atoms with E-state index in [0.29, 0.717) is 19.0 Å². The van der Waals surface area contributed by atoms with Crippen molar-refractivity contribution in [3.05, 3.63) is 53.6 Å². The molecule has 1 aliphatic heterocycles. The zero-order chi connectivity index (χ0) is 16.4. The van der Waals surface area contributed by atoms with E-state index in [2.05, 4.69) is 23.7 Å². The largest absolute Gasteiger partial charge is 0.368 e. The fourth-order valence-electron chi connectivity index (χ4n) is 3.04. The van der Waals surface area contributed by atoms with Gasteiger partial charge in [-0.1, -0.05) is 13.8 Å². The lowest BCUT2D eigenvalue weighted by Crippen LogP contribution is -2.48. The van der Waals surface area contributed by atoms with Crippen molar-refractivity contribution in [1.29, 1.82) is 0 Å². The van der Waals surface area contributed by atoms with Gasteiger partial charge in [0.1, 0.15) is 5.82 Å². The molecule has 0 aliphatic carbocycles. The third kappa shape index (κ3) is 3.23. The number of nitrogens with one attached hydrogen (secondary N) is 1. The highest BCUT2D eigenvalue weighted by molar-refractivity contribution is 5.95. The standard InChI is InChI=1S/C18H22FN3O/c1-13(2)17-16(7-8-20-17)18(23)22-11-9-21(10-12-22)15-5-3-14(19)4-6-15/h3-8,13,20H,9-12H2,1-2H3. The zero-order valence-electron chi connectivity index (χ0n) is 13.6. The van der Waals surface area contributed by atoms with Crippen LogP contribution in [0.2, 0.25) is 0 Å². The number of aromatic nitrogens is 1. The van der Waals surface area contributed by atoms with Crippen molar-refractivity contribution >= 4 is 11.6 Å². The number of benzene rings is 1. The molecule has 1 aromatic heterocycles. The average molecular weight is 315 g/mol. The maximum absolute atomic E-state index is 13.0. The van der Waals surface area contributed by atoms with E-state index in [-0.39, 0.29) is 11.7 Å². The molecule has 4 nitrogen and oxygen atoms in total. The van der Waals surface area contributed by atoms with E-state index in [1.807, 2.05) is 17.2 Å². The van der Waals surface area contributed by atoms with Crippen LogP contribution in [0.5, 0.6) is 0 Å². The first-order valence-corrected chi connectivity index (χ1v) is 8.03. The van der Waals surface area contributed by atoms with Crippen LogP contribution < -0.4 is 4.90 Å². The first-order chi connectivity index (χ1) is 11.1. The summed E-state index contributed by atoms with van der Waals surface area (Å²) in [6.07, 6.45) is 1.83. The molecule has 0 saturated carbocycles. The number of carbonyl (C=O) groups excluding carboxylic acids is 1. The SMILES string of the molecule is CC(C)c1[nH]ccc1C(=O)N1CCN(c2ccc(F)cc2)CC1. The molecule has 2 heterocycles. The van der Waals surface area contributed by atoms with Gasteiger partial charge >= 0.3 is 0 Å². The van der Waals surface area contributed by atoms with Crippen LogP contribution in [0, 0.1) is 5.82 Å². The molecule has 5 heteroatoms. The summed E-state index contributed by atoms with van der Waals surface area (Å²) >= 11 is 0. The van der Waals surface area contributed by atoms with Gasteiger partial charge in [0.05, 0.1) is 5.56 Å². The number of carbonyl (C=O) groups is 1. The van der Waals surface area contributed by atoms with Gasteiger partial charge in [0.15, 0.2) is 0 Å². The van der Waals surface area contributed by atoms with Crippen LogP contribution >= 0.6 is 0 Å². The highest BCUT2D eigenvalue weighted by Crippen LogP contribution is 2.21. The summed E-state index contributed by atoms with van der Waals surface area (Å²) in [6.45, 7) is 7.04. The molecule has 122 valence electrons. The zero-order valence-corrected chi connectivity index (χ0v) is 13.6. The quantitative estimate of drug-likeness (QED) is 0.944. The van der Waals surface area contributed by atoms with E-state index in [4.69, 9.17) is 0 Å². The number of rotatable bonds is 3. The molecule has 0 spiro atoms. The Morgan fingerprint density at radius 3 is 2.35 bits per heavy atom. The van der Waals surface area contributed by atoms with Gasteiger partial charge in [-0.05, 0) is 36.2 Å². The minimum Gasteiger partial charge on any atom is -0.368 e. The number of aromatic amines is 1. The van der Waals surface area contributed by atoms with Crippen molar-refractivity contribution < 1.29 is 9.18 Å². The van der Waals surface area contributed by atoms with Crippen molar-refractivity contribution in [2.24, 2.45) is 0 Å². The maximum atomic E-state index is 13.0. The van der Waals surface area contributed by atoms with Crippen LogP contribution in [-0.4, -0.2) is 42.0 Å². The monoisotopic (exact) mass is 315 g/mol. The van der Waals surface area contributed by atoms with E-state index in [9.17, 15) is 9.18 Å². The van der Waals surface area contributed by atoms with Crippen molar-refractivity contribution in [1.82, 2.24) is 9.88 Å². The van der Waals surface area contributed by atoms with Gasteiger partial charge in [0, 0.05) is 43.8 Å². The fourth-order valence-corrected chi connectivity index (χ4v) is 3.04. The Balaban J connectivity index is 1.65. The van der Waals surface area contributed by atoms with E-state index < -0.39 is 0 Å². The molecule has 1 amide bonds. The van der Waals surface area contributed by atoms with Crippen molar-refractivity contribution in [3.8, 4) is 0 Å². The number of H-pyrrole nitrogens is 1. The minimum atomic E-state index is -0.226. The van der Waals surface area contributed by atoms with Crippen LogP contribution in [0.15, 0.2) is 36.5 Å². The summed E-state index contributed by atoms with van der Waals surface area (Å²) in [5, 5.41) is 0. The second-order valence-electron chi connectivity index (χ2n) is 6.22. The number of nitrogens with zero attached hydrogens (tertiary/aromatic N) is 2. The Labute approximate surface area is 135 Å². The van der Waals surface area contributed by atoms with Gasteiger partial charge in [-0.2, -0.15) is 0 Å². The Morgan fingerprint density at radius 2 is 1.74 bits per heavy atom. The van der Waals surface area contributed by atoms with Gasteiger partial charge in [-0.15, -0.1) is 0 Å². The highest BCUT2D eigenvalue weighted by Gasteiger charge is 2.25. The predicted octanol–water partition coefficient (Wildman–Crippen LogP) is 3.24. The molecule has 0 atom stereocenters. The normalized spacial score (nSPS) is 15.3. The molecule has 1 aromatic carbocycles. The molecular formula is C18H22FN3O. The average Bonchev–Trinajstić information content (AvgIpc) is 3.05. The molecule has 0 radical (unpaired) electrons. The second-order valence-corrected chi connectivity index (χ2v) is 6.22. The van der Waals surface area contributed by atoms with Gasteiger partial charge in [-0.25, -0.2) is 4.39 Å². The second kappa shape index (κ2) is 6.44. The first kappa shape index (κ1) is 15.6. The third-order valence-electron chi connectivity index (χ3n) is 4.35. The number of anilines is 1. The smallest absolute Gasteiger partial charge is 0.255 e. The minimum absolute atomic E-state index is 0.0914. The highest BCUT2D eigenvalue weighted by atomic mass is 19.1. The van der Waals surface area contributed by atoms with Crippen molar-refractivity contribution in [2.45, 2.75) is 19.8 Å².